The summed E-state index contributed by atoms with van der Waals surface area (Å²) in [4.78, 5) is 11.9. The predicted molar refractivity (Wildman–Crippen MR) is 58.8 cm³/mol. The van der Waals surface area contributed by atoms with Crippen molar-refractivity contribution in [3.8, 4) is 0 Å². The molecular weight excluding hydrogens is 174 g/mol. The van der Waals surface area contributed by atoms with Crippen LogP contribution in [0.5, 0.6) is 0 Å². The van der Waals surface area contributed by atoms with Crippen LogP contribution in [0.2, 0.25) is 0 Å². The Balaban J connectivity index is 3.07. The molecule has 1 atom stereocenters. The first kappa shape index (κ1) is 10.9. The van der Waals surface area contributed by atoms with Crippen LogP contribution in [0.15, 0.2) is 18.2 Å². The molecule has 0 amide bonds. The summed E-state index contributed by atoms with van der Waals surface area (Å²) in [6.07, 6.45) is 0. The van der Waals surface area contributed by atoms with E-state index in [2.05, 4.69) is 5.32 Å². The summed E-state index contributed by atoms with van der Waals surface area (Å²) in [5.74, 6) is 0.161. The van der Waals surface area contributed by atoms with Gasteiger partial charge in [0.25, 0.3) is 0 Å². The molecule has 0 radical (unpaired) electrons. The maximum Gasteiger partial charge on any atom is 0.179 e. The Morgan fingerprint density at radius 3 is 2.57 bits per heavy atom. The van der Waals surface area contributed by atoms with Crippen LogP contribution >= 0.6 is 0 Å². The van der Waals surface area contributed by atoms with Gasteiger partial charge in [-0.25, -0.2) is 0 Å². The van der Waals surface area contributed by atoms with Gasteiger partial charge in [0.1, 0.15) is 0 Å². The van der Waals surface area contributed by atoms with Gasteiger partial charge in [0, 0.05) is 5.56 Å². The largest absolute Gasteiger partial charge is 0.310 e. The van der Waals surface area contributed by atoms with Crippen molar-refractivity contribution >= 4 is 5.78 Å². The molecule has 2 heteroatoms. The van der Waals surface area contributed by atoms with Crippen molar-refractivity contribution in [2.45, 2.75) is 26.8 Å². The van der Waals surface area contributed by atoms with Gasteiger partial charge >= 0.3 is 0 Å². The third-order valence-corrected chi connectivity index (χ3v) is 2.70. The first-order valence-electron chi connectivity index (χ1n) is 4.85. The molecule has 0 spiro atoms. The van der Waals surface area contributed by atoms with E-state index in [0.29, 0.717) is 0 Å². The highest BCUT2D eigenvalue weighted by Gasteiger charge is 2.15. The van der Waals surface area contributed by atoms with Crippen LogP contribution in [-0.2, 0) is 0 Å². The fourth-order valence-corrected chi connectivity index (χ4v) is 1.38. The maximum atomic E-state index is 11.9. The Kier molecular flexibility index (Phi) is 3.42. The van der Waals surface area contributed by atoms with Gasteiger partial charge in [-0.05, 0) is 38.9 Å². The third kappa shape index (κ3) is 2.02. The predicted octanol–water partition coefficient (Wildman–Crippen LogP) is 2.09. The molecule has 0 heterocycles. The van der Waals surface area contributed by atoms with Gasteiger partial charge in [0.15, 0.2) is 5.78 Å². The molecule has 0 saturated carbocycles. The molecule has 2 nitrogen and oxygen atoms in total. The third-order valence-electron chi connectivity index (χ3n) is 2.70. The van der Waals surface area contributed by atoms with E-state index in [4.69, 9.17) is 0 Å². The molecule has 0 aromatic heterocycles. The van der Waals surface area contributed by atoms with Crippen LogP contribution in [0.25, 0.3) is 0 Å². The van der Waals surface area contributed by atoms with Gasteiger partial charge in [-0.15, -0.1) is 0 Å². The van der Waals surface area contributed by atoms with Crippen molar-refractivity contribution in [2.75, 3.05) is 7.05 Å². The lowest BCUT2D eigenvalue weighted by Gasteiger charge is -2.12. The summed E-state index contributed by atoms with van der Waals surface area (Å²) in [5.41, 5.74) is 3.07. The average Bonchev–Trinajstić information content (AvgIpc) is 2.20. The molecular formula is C12H17NO. The van der Waals surface area contributed by atoms with E-state index in [1.165, 1.54) is 5.56 Å². The number of benzene rings is 1. The van der Waals surface area contributed by atoms with Crippen LogP contribution < -0.4 is 5.32 Å². The van der Waals surface area contributed by atoms with Gasteiger partial charge in [0.2, 0.25) is 0 Å². The Bertz CT molecular complexity index is 344. The lowest BCUT2D eigenvalue weighted by Crippen LogP contribution is -2.31. The fraction of sp³-hybridized carbons (Fsp3) is 0.417. The number of carbonyl (C=O) groups is 1. The van der Waals surface area contributed by atoms with Crippen LogP contribution in [0.3, 0.4) is 0 Å². The summed E-state index contributed by atoms with van der Waals surface area (Å²) >= 11 is 0. The minimum atomic E-state index is -0.115. The molecule has 0 aliphatic heterocycles. The first-order valence-corrected chi connectivity index (χ1v) is 4.85. The summed E-state index contributed by atoms with van der Waals surface area (Å²) in [5, 5.41) is 2.96. The molecule has 0 aliphatic rings. The fourth-order valence-electron chi connectivity index (χ4n) is 1.38. The highest BCUT2D eigenvalue weighted by Crippen LogP contribution is 2.14. The second-order valence-electron chi connectivity index (χ2n) is 3.62. The summed E-state index contributed by atoms with van der Waals surface area (Å²) < 4.78 is 0. The highest BCUT2D eigenvalue weighted by molar-refractivity contribution is 6.01. The minimum absolute atomic E-state index is 0.115. The second kappa shape index (κ2) is 4.38. The number of Topliss-reactive ketones (excluding diaryl/α,β-unsaturated/α-hetero) is 1. The van der Waals surface area contributed by atoms with Crippen LogP contribution in [0.4, 0.5) is 0 Å². The number of hydrogen-bond donors (Lipinski definition) is 1. The molecule has 0 bridgehead atoms. The highest BCUT2D eigenvalue weighted by atomic mass is 16.1. The molecule has 0 fully saturated rings. The monoisotopic (exact) mass is 191 g/mol. The van der Waals surface area contributed by atoms with E-state index in [9.17, 15) is 4.79 Å². The molecule has 1 aromatic rings. The number of nitrogens with one attached hydrogen (secondary N) is 1. The normalized spacial score (nSPS) is 12.6. The summed E-state index contributed by atoms with van der Waals surface area (Å²) in [7, 11) is 1.80. The van der Waals surface area contributed by atoms with Gasteiger partial charge < -0.3 is 5.32 Å². The first-order chi connectivity index (χ1) is 6.57. The quantitative estimate of drug-likeness (QED) is 0.741. The lowest BCUT2D eigenvalue weighted by atomic mass is 9.97. The molecule has 76 valence electrons. The molecule has 14 heavy (non-hydrogen) atoms. The van der Waals surface area contributed by atoms with E-state index in [-0.39, 0.29) is 11.8 Å². The Morgan fingerprint density at radius 2 is 2.00 bits per heavy atom. The van der Waals surface area contributed by atoms with E-state index in [0.717, 1.165) is 11.1 Å². The number of aryl methyl sites for hydroxylation is 1. The van der Waals surface area contributed by atoms with E-state index in [1.54, 1.807) is 7.05 Å². The molecule has 1 rings (SSSR count). The number of likely N-dealkylation sites (N-methyl/N-ethyl adjacent to an activating group) is 1. The summed E-state index contributed by atoms with van der Waals surface area (Å²) in [6.45, 7) is 5.89. The zero-order chi connectivity index (χ0) is 10.7. The van der Waals surface area contributed by atoms with Gasteiger partial charge in [-0.2, -0.15) is 0 Å². The zero-order valence-electron chi connectivity index (χ0n) is 9.22. The summed E-state index contributed by atoms with van der Waals surface area (Å²) in [6, 6.07) is 5.72. The Morgan fingerprint density at radius 1 is 1.36 bits per heavy atom. The van der Waals surface area contributed by atoms with Gasteiger partial charge in [-0.1, -0.05) is 18.2 Å². The smallest absolute Gasteiger partial charge is 0.179 e. The van der Waals surface area contributed by atoms with E-state index in [1.807, 2.05) is 39.0 Å². The topological polar surface area (TPSA) is 29.1 Å². The van der Waals surface area contributed by atoms with Crippen molar-refractivity contribution < 1.29 is 4.79 Å². The maximum absolute atomic E-state index is 11.9. The van der Waals surface area contributed by atoms with Crippen LogP contribution in [-0.4, -0.2) is 18.9 Å². The SMILES string of the molecule is CN[C@@H](C)C(=O)c1cccc(C)c1C. The van der Waals surface area contributed by atoms with Crippen molar-refractivity contribution in [1.29, 1.82) is 0 Å². The van der Waals surface area contributed by atoms with Crippen molar-refractivity contribution in [1.82, 2.24) is 5.32 Å². The Labute approximate surface area is 85.3 Å². The molecule has 1 N–H and O–H groups in total. The molecule has 0 unspecified atom stereocenters. The lowest BCUT2D eigenvalue weighted by molar-refractivity contribution is 0.0954. The molecule has 0 saturated heterocycles. The average molecular weight is 191 g/mol. The van der Waals surface area contributed by atoms with Gasteiger partial charge in [-0.3, -0.25) is 4.79 Å². The standard InChI is InChI=1S/C12H17NO/c1-8-6-5-7-11(9(8)2)12(14)10(3)13-4/h5-7,10,13H,1-4H3/t10-/m0/s1. The minimum Gasteiger partial charge on any atom is -0.310 e. The van der Waals surface area contributed by atoms with Crippen LogP contribution in [0, 0.1) is 13.8 Å². The zero-order valence-corrected chi connectivity index (χ0v) is 9.22. The van der Waals surface area contributed by atoms with Crippen molar-refractivity contribution in [3.63, 3.8) is 0 Å². The van der Waals surface area contributed by atoms with Crippen molar-refractivity contribution in [2.24, 2.45) is 0 Å². The van der Waals surface area contributed by atoms with E-state index >= 15 is 0 Å². The number of rotatable bonds is 3. The molecule has 0 aliphatic carbocycles. The molecule has 1 aromatic carbocycles. The van der Waals surface area contributed by atoms with Gasteiger partial charge in [0.05, 0.1) is 6.04 Å². The second-order valence-corrected chi connectivity index (χ2v) is 3.62. The Hall–Kier alpha value is -1.15. The number of carbonyl (C=O) groups excluding carboxylic acids is 1. The number of hydrogen-bond acceptors (Lipinski definition) is 2. The van der Waals surface area contributed by atoms with Crippen LogP contribution in [0.1, 0.15) is 28.4 Å². The van der Waals surface area contributed by atoms with E-state index < -0.39 is 0 Å². The van der Waals surface area contributed by atoms with Crippen molar-refractivity contribution in [3.05, 3.63) is 34.9 Å². The number of ketones is 1.